The van der Waals surface area contributed by atoms with E-state index in [4.69, 9.17) is 23.2 Å². The molecule has 25 heavy (non-hydrogen) atoms. The second kappa shape index (κ2) is 7.51. The molecule has 2 N–H and O–H groups in total. The highest BCUT2D eigenvalue weighted by molar-refractivity contribution is 7.92. The van der Waals surface area contributed by atoms with Gasteiger partial charge in [-0.1, -0.05) is 23.2 Å². The van der Waals surface area contributed by atoms with Gasteiger partial charge in [0.25, 0.3) is 10.0 Å². The van der Waals surface area contributed by atoms with Gasteiger partial charge in [0, 0.05) is 21.8 Å². The number of hydrogen-bond donors (Lipinski definition) is 2. The minimum absolute atomic E-state index is 0.0370. The summed E-state index contributed by atoms with van der Waals surface area (Å²) in [7, 11) is -7.56. The first-order valence-electron chi connectivity index (χ1n) is 7.11. The minimum Gasteiger partial charge on any atom is -0.280 e. The fourth-order valence-electron chi connectivity index (χ4n) is 1.98. The largest absolute Gasteiger partial charge is 0.280 e. The Balaban J connectivity index is 2.26. The summed E-state index contributed by atoms with van der Waals surface area (Å²) in [4.78, 5) is -0.0573. The lowest BCUT2D eigenvalue weighted by atomic mass is 10.3. The molecule has 0 aliphatic carbocycles. The molecule has 0 radical (unpaired) electrons. The molecule has 0 fully saturated rings. The summed E-state index contributed by atoms with van der Waals surface area (Å²) in [5.74, 6) is 0. The van der Waals surface area contributed by atoms with Gasteiger partial charge in [-0.05, 0) is 56.3 Å². The average Bonchev–Trinajstić information content (AvgIpc) is 2.45. The van der Waals surface area contributed by atoms with Crippen molar-refractivity contribution < 1.29 is 16.8 Å². The molecule has 0 bridgehead atoms. The van der Waals surface area contributed by atoms with Crippen LogP contribution >= 0.6 is 23.2 Å². The Bertz CT molecular complexity index is 953. The molecule has 136 valence electrons. The van der Waals surface area contributed by atoms with E-state index >= 15 is 0 Å². The quantitative estimate of drug-likeness (QED) is 0.744. The van der Waals surface area contributed by atoms with Crippen LogP contribution in [-0.2, 0) is 20.0 Å². The molecular formula is C15H16Cl2N2O4S2. The van der Waals surface area contributed by atoms with Gasteiger partial charge in [-0.25, -0.2) is 21.6 Å². The lowest BCUT2D eigenvalue weighted by molar-refractivity contribution is 0.570. The first-order valence-corrected chi connectivity index (χ1v) is 10.8. The molecule has 2 aromatic carbocycles. The molecular weight excluding hydrogens is 407 g/mol. The smallest absolute Gasteiger partial charge is 0.261 e. The van der Waals surface area contributed by atoms with E-state index in [2.05, 4.69) is 9.44 Å². The summed E-state index contributed by atoms with van der Waals surface area (Å²) < 4.78 is 53.7. The van der Waals surface area contributed by atoms with Crippen LogP contribution in [0.3, 0.4) is 0 Å². The number of anilines is 1. The maximum absolute atomic E-state index is 12.4. The van der Waals surface area contributed by atoms with Gasteiger partial charge in [0.15, 0.2) is 0 Å². The van der Waals surface area contributed by atoms with E-state index in [9.17, 15) is 16.8 Å². The Morgan fingerprint density at radius 2 is 1.32 bits per heavy atom. The van der Waals surface area contributed by atoms with Crippen molar-refractivity contribution >= 4 is 48.9 Å². The van der Waals surface area contributed by atoms with Gasteiger partial charge in [0.2, 0.25) is 10.0 Å². The topological polar surface area (TPSA) is 92.3 Å². The van der Waals surface area contributed by atoms with E-state index in [-0.39, 0.29) is 31.6 Å². The molecule has 0 saturated heterocycles. The monoisotopic (exact) mass is 422 g/mol. The predicted molar refractivity (Wildman–Crippen MR) is 99.2 cm³/mol. The fourth-order valence-corrected chi connectivity index (χ4v) is 5.01. The van der Waals surface area contributed by atoms with Crippen LogP contribution in [0.4, 0.5) is 5.69 Å². The summed E-state index contributed by atoms with van der Waals surface area (Å²) in [5, 5.41) is 0.378. The number of benzene rings is 2. The van der Waals surface area contributed by atoms with Crippen LogP contribution in [0.2, 0.25) is 10.0 Å². The number of nitrogens with one attached hydrogen (secondary N) is 2. The van der Waals surface area contributed by atoms with Crippen LogP contribution in [0.1, 0.15) is 13.8 Å². The number of halogens is 2. The van der Waals surface area contributed by atoms with Crippen LogP contribution in [0.5, 0.6) is 0 Å². The summed E-state index contributed by atoms with van der Waals surface area (Å²) >= 11 is 11.6. The van der Waals surface area contributed by atoms with E-state index in [0.29, 0.717) is 0 Å². The third-order valence-electron chi connectivity index (χ3n) is 2.95. The van der Waals surface area contributed by atoms with Crippen molar-refractivity contribution in [3.8, 4) is 0 Å². The first kappa shape index (κ1) is 20.0. The number of rotatable bonds is 6. The van der Waals surface area contributed by atoms with Crippen molar-refractivity contribution in [2.75, 3.05) is 4.72 Å². The fraction of sp³-hybridized carbons (Fsp3) is 0.200. The van der Waals surface area contributed by atoms with Crippen LogP contribution < -0.4 is 9.44 Å². The highest BCUT2D eigenvalue weighted by atomic mass is 35.5. The van der Waals surface area contributed by atoms with Gasteiger partial charge in [-0.3, -0.25) is 4.72 Å². The molecule has 2 rings (SSSR count). The van der Waals surface area contributed by atoms with Crippen molar-refractivity contribution in [2.45, 2.75) is 29.7 Å². The van der Waals surface area contributed by atoms with E-state index in [0.717, 1.165) is 0 Å². The second-order valence-corrected chi connectivity index (χ2v) is 9.78. The van der Waals surface area contributed by atoms with Crippen LogP contribution in [0.15, 0.2) is 52.3 Å². The zero-order chi connectivity index (χ0) is 18.8. The highest BCUT2D eigenvalue weighted by Crippen LogP contribution is 2.24. The average molecular weight is 423 g/mol. The van der Waals surface area contributed by atoms with Gasteiger partial charge >= 0.3 is 0 Å². The van der Waals surface area contributed by atoms with Crippen LogP contribution in [-0.4, -0.2) is 22.9 Å². The number of hydrogen-bond acceptors (Lipinski definition) is 4. The molecule has 10 heteroatoms. The second-order valence-electron chi connectivity index (χ2n) is 5.51. The lowest BCUT2D eigenvalue weighted by Crippen LogP contribution is -2.30. The van der Waals surface area contributed by atoms with Crippen LogP contribution in [0, 0.1) is 0 Å². The van der Waals surface area contributed by atoms with E-state index in [1.54, 1.807) is 13.8 Å². The molecule has 2 aromatic rings. The summed E-state index contributed by atoms with van der Waals surface area (Å²) in [6.07, 6.45) is 0. The molecule has 0 atom stereocenters. The third kappa shape index (κ3) is 5.32. The maximum atomic E-state index is 12.4. The van der Waals surface area contributed by atoms with Crippen molar-refractivity contribution in [3.05, 3.63) is 52.5 Å². The van der Waals surface area contributed by atoms with Gasteiger partial charge in [-0.15, -0.1) is 0 Å². The van der Waals surface area contributed by atoms with Crippen molar-refractivity contribution in [1.29, 1.82) is 0 Å². The van der Waals surface area contributed by atoms with Crippen LogP contribution in [0.25, 0.3) is 0 Å². The maximum Gasteiger partial charge on any atom is 0.261 e. The summed E-state index contributed by atoms with van der Waals surface area (Å²) in [6, 6.07) is 9.04. The first-order chi connectivity index (χ1) is 11.5. The van der Waals surface area contributed by atoms with Gasteiger partial charge in [-0.2, -0.15) is 0 Å². The zero-order valence-electron chi connectivity index (χ0n) is 13.3. The van der Waals surface area contributed by atoms with E-state index in [1.807, 2.05) is 0 Å². The van der Waals surface area contributed by atoms with E-state index < -0.39 is 20.0 Å². The molecule has 0 aliphatic heterocycles. The normalized spacial score (nSPS) is 12.4. The van der Waals surface area contributed by atoms with E-state index in [1.165, 1.54) is 42.5 Å². The molecule has 0 heterocycles. The number of sulfonamides is 2. The Hall–Kier alpha value is -1.32. The molecule has 0 aromatic heterocycles. The molecule has 0 amide bonds. The predicted octanol–water partition coefficient (Wildman–Crippen LogP) is 3.48. The zero-order valence-corrected chi connectivity index (χ0v) is 16.5. The Morgan fingerprint density at radius 3 is 1.80 bits per heavy atom. The summed E-state index contributed by atoms with van der Waals surface area (Å²) in [6.45, 7) is 3.41. The van der Waals surface area contributed by atoms with Crippen molar-refractivity contribution in [2.24, 2.45) is 0 Å². The SMILES string of the molecule is CC(C)NS(=O)(=O)c1ccc(NS(=O)(=O)c2cc(Cl)cc(Cl)c2)cc1. The molecule has 6 nitrogen and oxygen atoms in total. The molecule has 0 unspecified atom stereocenters. The Labute approximate surface area is 157 Å². The molecule has 0 saturated carbocycles. The van der Waals surface area contributed by atoms with Gasteiger partial charge in [0.1, 0.15) is 0 Å². The van der Waals surface area contributed by atoms with Crippen molar-refractivity contribution in [1.82, 2.24) is 4.72 Å². The Kier molecular flexibility index (Phi) is 6.01. The summed E-state index contributed by atoms with van der Waals surface area (Å²) in [5.41, 5.74) is 0.208. The van der Waals surface area contributed by atoms with Gasteiger partial charge < -0.3 is 0 Å². The minimum atomic E-state index is -3.91. The highest BCUT2D eigenvalue weighted by Gasteiger charge is 2.18. The Morgan fingerprint density at radius 1 is 0.800 bits per heavy atom. The molecule has 0 aliphatic rings. The third-order valence-corrected chi connectivity index (χ3v) is 6.43. The van der Waals surface area contributed by atoms with Gasteiger partial charge in [0.05, 0.1) is 9.79 Å². The van der Waals surface area contributed by atoms with Crippen molar-refractivity contribution in [3.63, 3.8) is 0 Å². The lowest BCUT2D eigenvalue weighted by Gasteiger charge is -2.11. The molecule has 0 spiro atoms. The standard InChI is InChI=1S/C15H16Cl2N2O4S2/c1-10(2)18-24(20,21)14-5-3-13(4-6-14)19-25(22,23)15-8-11(16)7-12(17)9-15/h3-10,18-19H,1-2H3.